The number of hydrogen-bond acceptors (Lipinski definition) is 3. The molecule has 3 heteroatoms. The van der Waals surface area contributed by atoms with Crippen LogP contribution in [0.1, 0.15) is 29.5 Å². The third-order valence-corrected chi connectivity index (χ3v) is 3.52. The van der Waals surface area contributed by atoms with E-state index in [0.29, 0.717) is 5.88 Å². The van der Waals surface area contributed by atoms with Crippen LogP contribution in [0.2, 0.25) is 0 Å². The Morgan fingerprint density at radius 3 is 2.74 bits per heavy atom. The van der Waals surface area contributed by atoms with Crippen molar-refractivity contribution in [3.8, 4) is 11.6 Å². The van der Waals surface area contributed by atoms with E-state index < -0.39 is 0 Å². The molecule has 0 bridgehead atoms. The van der Waals surface area contributed by atoms with Crippen LogP contribution in [0, 0.1) is 0 Å². The van der Waals surface area contributed by atoms with Crippen LogP contribution in [-0.4, -0.2) is 10.1 Å². The fourth-order valence-electron chi connectivity index (χ4n) is 2.50. The number of rotatable bonds is 3. The van der Waals surface area contributed by atoms with E-state index in [9.17, 15) is 0 Å². The second kappa shape index (κ2) is 5.41. The molecule has 0 saturated carbocycles. The number of pyridine rings is 1. The Hall–Kier alpha value is -1.87. The summed E-state index contributed by atoms with van der Waals surface area (Å²) in [4.78, 5) is 4.16. The molecule has 1 heterocycles. The van der Waals surface area contributed by atoms with E-state index in [-0.39, 0.29) is 6.61 Å². The Balaban J connectivity index is 1.82. The number of aromatic nitrogens is 1. The fourth-order valence-corrected chi connectivity index (χ4v) is 2.50. The number of nitrogens with zero attached hydrogens (tertiary/aromatic N) is 1. The van der Waals surface area contributed by atoms with Gasteiger partial charge in [0.1, 0.15) is 5.75 Å². The normalized spacial score (nSPS) is 13.9. The second-order valence-corrected chi connectivity index (χ2v) is 4.90. The number of aliphatic hydroxyl groups excluding tert-OH is 1. The molecule has 0 amide bonds. The van der Waals surface area contributed by atoms with Gasteiger partial charge in [-0.2, -0.15) is 0 Å². The Labute approximate surface area is 112 Å². The van der Waals surface area contributed by atoms with Crippen molar-refractivity contribution in [3.05, 3.63) is 53.2 Å². The third kappa shape index (κ3) is 2.76. The molecule has 1 aliphatic carbocycles. The summed E-state index contributed by atoms with van der Waals surface area (Å²) in [5.74, 6) is 1.35. The average Bonchev–Trinajstić information content (AvgIpc) is 2.47. The van der Waals surface area contributed by atoms with Crippen molar-refractivity contribution in [2.75, 3.05) is 0 Å². The van der Waals surface area contributed by atoms with Gasteiger partial charge < -0.3 is 9.84 Å². The minimum absolute atomic E-state index is 0.00304. The van der Waals surface area contributed by atoms with Crippen LogP contribution in [0.5, 0.6) is 11.6 Å². The molecular weight excluding hydrogens is 238 g/mol. The Kier molecular flexibility index (Phi) is 3.47. The number of hydrogen-bond donors (Lipinski definition) is 1. The number of fused-ring (bicyclic) bond motifs is 1. The van der Waals surface area contributed by atoms with Crippen LogP contribution in [0.15, 0.2) is 36.5 Å². The molecule has 1 N–H and O–H groups in total. The Morgan fingerprint density at radius 1 is 1.05 bits per heavy atom. The van der Waals surface area contributed by atoms with Crippen LogP contribution in [0.3, 0.4) is 0 Å². The van der Waals surface area contributed by atoms with E-state index in [4.69, 9.17) is 9.84 Å². The number of ether oxygens (including phenoxy) is 1. The highest BCUT2D eigenvalue weighted by Crippen LogP contribution is 2.27. The first-order chi connectivity index (χ1) is 9.35. The van der Waals surface area contributed by atoms with Crippen molar-refractivity contribution in [2.24, 2.45) is 0 Å². The van der Waals surface area contributed by atoms with Crippen molar-refractivity contribution in [2.45, 2.75) is 32.3 Å². The molecule has 2 aromatic rings. The van der Waals surface area contributed by atoms with Gasteiger partial charge >= 0.3 is 0 Å². The van der Waals surface area contributed by atoms with Crippen molar-refractivity contribution < 1.29 is 9.84 Å². The van der Waals surface area contributed by atoms with Gasteiger partial charge in [0, 0.05) is 12.3 Å². The summed E-state index contributed by atoms with van der Waals surface area (Å²) in [7, 11) is 0. The number of aliphatic hydroxyl groups is 1. The first kappa shape index (κ1) is 12.2. The van der Waals surface area contributed by atoms with E-state index in [1.165, 1.54) is 30.4 Å². The molecule has 3 rings (SSSR count). The molecule has 3 nitrogen and oxygen atoms in total. The van der Waals surface area contributed by atoms with E-state index in [1.54, 1.807) is 18.3 Å². The maximum absolute atomic E-state index is 9.10. The van der Waals surface area contributed by atoms with Crippen molar-refractivity contribution in [1.82, 2.24) is 4.98 Å². The van der Waals surface area contributed by atoms with Crippen LogP contribution in [0.25, 0.3) is 0 Å². The predicted molar refractivity (Wildman–Crippen MR) is 73.3 cm³/mol. The fraction of sp³-hybridized carbons (Fsp3) is 0.312. The summed E-state index contributed by atoms with van der Waals surface area (Å²) < 4.78 is 5.76. The summed E-state index contributed by atoms with van der Waals surface area (Å²) in [5.41, 5.74) is 3.64. The SMILES string of the molecule is OCc1ccnc(Oc2ccc3c(c2)CCCC3)c1. The quantitative estimate of drug-likeness (QED) is 0.915. The number of benzene rings is 1. The maximum atomic E-state index is 9.10. The van der Waals surface area contributed by atoms with Gasteiger partial charge in [0.05, 0.1) is 6.61 Å². The van der Waals surface area contributed by atoms with Crippen LogP contribution < -0.4 is 4.74 Å². The lowest BCUT2D eigenvalue weighted by molar-refractivity contribution is 0.281. The molecule has 1 aromatic heterocycles. The zero-order chi connectivity index (χ0) is 13.1. The molecule has 0 fully saturated rings. The molecular formula is C16H17NO2. The first-order valence-electron chi connectivity index (χ1n) is 6.70. The van der Waals surface area contributed by atoms with Gasteiger partial charge in [-0.15, -0.1) is 0 Å². The predicted octanol–water partition coefficient (Wildman–Crippen LogP) is 3.25. The average molecular weight is 255 g/mol. The lowest BCUT2D eigenvalue weighted by Gasteiger charge is -2.16. The van der Waals surface area contributed by atoms with Gasteiger partial charge in [-0.05, 0) is 60.6 Å². The van der Waals surface area contributed by atoms with Crippen molar-refractivity contribution in [1.29, 1.82) is 0 Å². The Bertz CT molecular complexity index is 581. The molecule has 98 valence electrons. The smallest absolute Gasteiger partial charge is 0.219 e. The minimum Gasteiger partial charge on any atom is -0.439 e. The summed E-state index contributed by atoms with van der Waals surface area (Å²) in [6, 6.07) is 9.80. The van der Waals surface area contributed by atoms with Crippen molar-refractivity contribution >= 4 is 0 Å². The zero-order valence-corrected chi connectivity index (χ0v) is 10.8. The summed E-state index contributed by atoms with van der Waals surface area (Å²) in [5, 5.41) is 9.10. The van der Waals surface area contributed by atoms with Gasteiger partial charge in [0.15, 0.2) is 0 Å². The van der Waals surface area contributed by atoms with Gasteiger partial charge in [0.2, 0.25) is 5.88 Å². The van der Waals surface area contributed by atoms with E-state index >= 15 is 0 Å². The summed E-state index contributed by atoms with van der Waals surface area (Å²) in [6.07, 6.45) is 6.51. The molecule has 0 radical (unpaired) electrons. The summed E-state index contributed by atoms with van der Waals surface area (Å²) >= 11 is 0. The standard InChI is InChI=1S/C16H17NO2/c18-11-12-7-8-17-16(9-12)19-15-6-5-13-3-1-2-4-14(13)10-15/h5-10,18H,1-4,11H2. The highest BCUT2D eigenvalue weighted by molar-refractivity contribution is 5.38. The highest BCUT2D eigenvalue weighted by Gasteiger charge is 2.10. The van der Waals surface area contributed by atoms with Gasteiger partial charge in [-0.3, -0.25) is 0 Å². The Morgan fingerprint density at radius 2 is 1.89 bits per heavy atom. The first-order valence-corrected chi connectivity index (χ1v) is 6.70. The molecule has 0 aliphatic heterocycles. The van der Waals surface area contributed by atoms with E-state index in [0.717, 1.165) is 17.7 Å². The van der Waals surface area contributed by atoms with Crippen LogP contribution in [0.4, 0.5) is 0 Å². The largest absolute Gasteiger partial charge is 0.439 e. The van der Waals surface area contributed by atoms with Gasteiger partial charge in [-0.25, -0.2) is 4.98 Å². The van der Waals surface area contributed by atoms with Gasteiger partial charge in [-0.1, -0.05) is 6.07 Å². The number of aryl methyl sites for hydroxylation is 2. The van der Waals surface area contributed by atoms with E-state index in [1.807, 2.05) is 6.07 Å². The molecule has 1 aliphatic rings. The lowest BCUT2D eigenvalue weighted by Crippen LogP contribution is -2.02. The highest BCUT2D eigenvalue weighted by atomic mass is 16.5. The molecule has 0 saturated heterocycles. The second-order valence-electron chi connectivity index (χ2n) is 4.90. The minimum atomic E-state index is 0.00304. The zero-order valence-electron chi connectivity index (χ0n) is 10.8. The monoisotopic (exact) mass is 255 g/mol. The molecule has 0 atom stereocenters. The molecule has 1 aromatic carbocycles. The third-order valence-electron chi connectivity index (χ3n) is 3.52. The molecule has 19 heavy (non-hydrogen) atoms. The van der Waals surface area contributed by atoms with Crippen molar-refractivity contribution in [3.63, 3.8) is 0 Å². The lowest BCUT2D eigenvalue weighted by atomic mass is 9.92. The van der Waals surface area contributed by atoms with Crippen LogP contribution in [-0.2, 0) is 19.4 Å². The van der Waals surface area contributed by atoms with E-state index in [2.05, 4.69) is 17.1 Å². The molecule has 0 unspecified atom stereocenters. The van der Waals surface area contributed by atoms with Crippen LogP contribution >= 0.6 is 0 Å². The summed E-state index contributed by atoms with van der Waals surface area (Å²) in [6.45, 7) is 0.00304. The maximum Gasteiger partial charge on any atom is 0.219 e. The molecule has 0 spiro atoms. The topological polar surface area (TPSA) is 42.4 Å². The van der Waals surface area contributed by atoms with Gasteiger partial charge in [0.25, 0.3) is 0 Å².